The van der Waals surface area contributed by atoms with Crippen molar-refractivity contribution in [3.63, 3.8) is 0 Å². The summed E-state index contributed by atoms with van der Waals surface area (Å²) in [5.41, 5.74) is 0.144. The summed E-state index contributed by atoms with van der Waals surface area (Å²) in [6.45, 7) is 0.909. The number of aryl methyl sites for hydroxylation is 1. The Labute approximate surface area is 102 Å². The molecule has 0 bridgehead atoms. The average Bonchev–Trinajstić information content (AvgIpc) is 2.68. The van der Waals surface area contributed by atoms with E-state index in [9.17, 15) is 9.59 Å². The van der Waals surface area contributed by atoms with Crippen molar-refractivity contribution in [2.45, 2.75) is 12.8 Å². The lowest BCUT2D eigenvalue weighted by Crippen LogP contribution is -2.28. The first kappa shape index (κ1) is 10.8. The third kappa shape index (κ3) is 1.55. The molecule has 7 nitrogen and oxygen atoms in total. The van der Waals surface area contributed by atoms with Gasteiger partial charge in [-0.05, 0) is 12.8 Å². The number of H-pyrrole nitrogens is 1. The summed E-state index contributed by atoms with van der Waals surface area (Å²) < 4.78 is 3.09. The number of aromatic nitrogens is 4. The molecule has 0 fully saturated rings. The molecular formula is C11H13N5O2. The second-order valence-electron chi connectivity index (χ2n) is 4.28. The highest BCUT2D eigenvalue weighted by molar-refractivity contribution is 5.55. The summed E-state index contributed by atoms with van der Waals surface area (Å²) in [5, 5.41) is 7.61. The van der Waals surface area contributed by atoms with E-state index < -0.39 is 11.2 Å². The normalized spacial score (nSPS) is 14.1. The van der Waals surface area contributed by atoms with E-state index in [1.165, 1.54) is 16.8 Å². The number of nitrogens with zero attached hydrogens (tertiary/aromatic N) is 3. The highest BCUT2D eigenvalue weighted by Crippen LogP contribution is 2.26. The van der Waals surface area contributed by atoms with E-state index in [1.807, 2.05) is 7.05 Å². The van der Waals surface area contributed by atoms with Crippen LogP contribution in [0.1, 0.15) is 12.0 Å². The first-order valence-electron chi connectivity index (χ1n) is 5.79. The molecule has 0 spiro atoms. The molecule has 3 rings (SSSR count). The first-order chi connectivity index (χ1) is 8.66. The highest BCUT2D eigenvalue weighted by atomic mass is 16.2. The number of rotatable bonds is 1. The van der Waals surface area contributed by atoms with Crippen LogP contribution in [0.5, 0.6) is 0 Å². The molecule has 0 radical (unpaired) electrons. The van der Waals surface area contributed by atoms with E-state index in [-0.39, 0.29) is 0 Å². The van der Waals surface area contributed by atoms with Gasteiger partial charge in [0.2, 0.25) is 0 Å². The fourth-order valence-corrected chi connectivity index (χ4v) is 2.25. The van der Waals surface area contributed by atoms with Crippen molar-refractivity contribution in [3.05, 3.63) is 38.7 Å². The zero-order valence-corrected chi connectivity index (χ0v) is 9.93. The van der Waals surface area contributed by atoms with Gasteiger partial charge in [0.1, 0.15) is 5.82 Å². The molecule has 1 aliphatic rings. The Morgan fingerprint density at radius 2 is 2.22 bits per heavy atom. The van der Waals surface area contributed by atoms with Crippen LogP contribution in [0.25, 0.3) is 5.82 Å². The van der Waals surface area contributed by atoms with Crippen molar-refractivity contribution in [2.75, 3.05) is 11.9 Å². The van der Waals surface area contributed by atoms with Gasteiger partial charge in [-0.1, -0.05) is 0 Å². The van der Waals surface area contributed by atoms with Crippen molar-refractivity contribution >= 4 is 5.82 Å². The van der Waals surface area contributed by atoms with Crippen LogP contribution in [0.15, 0.2) is 21.9 Å². The van der Waals surface area contributed by atoms with Crippen LogP contribution in [0.4, 0.5) is 5.82 Å². The van der Waals surface area contributed by atoms with Crippen LogP contribution in [0, 0.1) is 0 Å². The molecule has 0 atom stereocenters. The molecule has 0 saturated heterocycles. The van der Waals surface area contributed by atoms with Gasteiger partial charge in [0.15, 0.2) is 5.82 Å². The lowest BCUT2D eigenvalue weighted by Gasteiger charge is -2.15. The topological polar surface area (TPSA) is 84.7 Å². The van der Waals surface area contributed by atoms with Gasteiger partial charge >= 0.3 is 5.69 Å². The minimum Gasteiger partial charge on any atom is -0.370 e. The molecule has 0 aliphatic carbocycles. The zero-order valence-electron chi connectivity index (χ0n) is 9.93. The number of anilines is 1. The summed E-state index contributed by atoms with van der Waals surface area (Å²) in [6, 6.07) is 1.32. The van der Waals surface area contributed by atoms with Crippen molar-refractivity contribution < 1.29 is 0 Å². The summed E-state index contributed by atoms with van der Waals surface area (Å²) in [4.78, 5) is 25.1. The fraction of sp³-hybridized carbons (Fsp3) is 0.364. The Morgan fingerprint density at radius 1 is 1.39 bits per heavy atom. The molecule has 1 aliphatic heterocycles. The quantitative estimate of drug-likeness (QED) is 0.719. The standard InChI is InChI=1S/C11H13N5O2/c1-15-9-7(3-2-5-12-9)10(14-15)16-6-4-8(17)13-11(16)18/h4,6,12H,2-3,5H2,1H3,(H,13,17,18). The Kier molecular flexibility index (Phi) is 2.32. The maximum Gasteiger partial charge on any atom is 0.334 e. The highest BCUT2D eigenvalue weighted by Gasteiger charge is 2.20. The third-order valence-corrected chi connectivity index (χ3v) is 3.07. The molecular weight excluding hydrogens is 234 g/mol. The Hall–Kier alpha value is -2.31. The van der Waals surface area contributed by atoms with E-state index in [1.54, 1.807) is 4.68 Å². The van der Waals surface area contributed by atoms with E-state index in [0.717, 1.165) is 30.8 Å². The van der Waals surface area contributed by atoms with Crippen molar-refractivity contribution in [2.24, 2.45) is 7.05 Å². The van der Waals surface area contributed by atoms with E-state index in [2.05, 4.69) is 15.4 Å². The minimum absolute atomic E-state index is 0.404. The van der Waals surface area contributed by atoms with Gasteiger partial charge in [-0.15, -0.1) is 0 Å². The molecule has 94 valence electrons. The molecule has 3 heterocycles. The number of hydrogen-bond donors (Lipinski definition) is 2. The fourth-order valence-electron chi connectivity index (χ4n) is 2.25. The SMILES string of the molecule is Cn1nc(-n2ccc(=O)[nH]c2=O)c2c1NCCC2. The lowest BCUT2D eigenvalue weighted by molar-refractivity contribution is 0.737. The number of nitrogens with one attached hydrogen (secondary N) is 2. The zero-order chi connectivity index (χ0) is 12.7. The molecule has 2 aromatic heterocycles. The molecule has 0 aromatic carbocycles. The molecule has 0 saturated carbocycles. The number of aromatic amines is 1. The predicted molar refractivity (Wildman–Crippen MR) is 66.2 cm³/mol. The smallest absolute Gasteiger partial charge is 0.334 e. The van der Waals surface area contributed by atoms with Crippen LogP contribution < -0.4 is 16.6 Å². The van der Waals surface area contributed by atoms with Gasteiger partial charge in [-0.2, -0.15) is 5.10 Å². The first-order valence-corrected chi connectivity index (χ1v) is 5.79. The van der Waals surface area contributed by atoms with Crippen LogP contribution in [0.3, 0.4) is 0 Å². The number of hydrogen-bond acceptors (Lipinski definition) is 4. The predicted octanol–water partition coefficient (Wildman–Crippen LogP) is -0.383. The summed E-state index contributed by atoms with van der Waals surface area (Å²) in [6.07, 6.45) is 3.33. The monoisotopic (exact) mass is 247 g/mol. The van der Waals surface area contributed by atoms with Crippen LogP contribution >= 0.6 is 0 Å². The maximum atomic E-state index is 11.8. The molecule has 2 aromatic rings. The Balaban J connectivity index is 2.23. The van der Waals surface area contributed by atoms with Gasteiger partial charge < -0.3 is 5.32 Å². The van der Waals surface area contributed by atoms with Gasteiger partial charge in [0, 0.05) is 31.4 Å². The van der Waals surface area contributed by atoms with Gasteiger partial charge in [0.25, 0.3) is 5.56 Å². The lowest BCUT2D eigenvalue weighted by atomic mass is 10.1. The van der Waals surface area contributed by atoms with E-state index in [0.29, 0.717) is 5.82 Å². The Bertz CT molecular complexity index is 709. The average molecular weight is 247 g/mol. The second kappa shape index (κ2) is 3.86. The molecule has 7 heteroatoms. The summed E-state index contributed by atoms with van der Waals surface area (Å²) >= 11 is 0. The minimum atomic E-state index is -0.464. The molecule has 0 amide bonds. The molecule has 0 unspecified atom stereocenters. The summed E-state index contributed by atoms with van der Waals surface area (Å²) in [5.74, 6) is 1.52. The van der Waals surface area contributed by atoms with Crippen molar-refractivity contribution in [3.8, 4) is 5.82 Å². The maximum absolute atomic E-state index is 11.8. The van der Waals surface area contributed by atoms with Gasteiger partial charge in [0.05, 0.1) is 0 Å². The van der Waals surface area contributed by atoms with Crippen LogP contribution in [0.2, 0.25) is 0 Å². The second-order valence-corrected chi connectivity index (χ2v) is 4.28. The van der Waals surface area contributed by atoms with E-state index in [4.69, 9.17) is 0 Å². The Morgan fingerprint density at radius 3 is 3.00 bits per heavy atom. The third-order valence-electron chi connectivity index (χ3n) is 3.07. The largest absolute Gasteiger partial charge is 0.370 e. The van der Waals surface area contributed by atoms with E-state index >= 15 is 0 Å². The number of fused-ring (bicyclic) bond motifs is 1. The van der Waals surface area contributed by atoms with Crippen LogP contribution in [-0.4, -0.2) is 25.9 Å². The van der Waals surface area contributed by atoms with Crippen LogP contribution in [-0.2, 0) is 13.5 Å². The van der Waals surface area contributed by atoms with Gasteiger partial charge in [-0.3, -0.25) is 19.0 Å². The summed E-state index contributed by atoms with van der Waals surface area (Å²) in [7, 11) is 1.83. The van der Waals surface area contributed by atoms with Gasteiger partial charge in [-0.25, -0.2) is 4.79 Å². The van der Waals surface area contributed by atoms with Crippen molar-refractivity contribution in [1.29, 1.82) is 0 Å². The van der Waals surface area contributed by atoms with Crippen molar-refractivity contribution in [1.82, 2.24) is 19.3 Å². The molecule has 2 N–H and O–H groups in total. The molecule has 18 heavy (non-hydrogen) atoms.